The molecule has 7 heteroatoms. The smallest absolute Gasteiger partial charge is 0.331 e. The fraction of sp³-hybridized carbons (Fsp3) is 0.684. The molecule has 3 heterocycles. The molecule has 2 spiro atoms. The minimum atomic E-state index is -4.42. The zero-order valence-corrected chi connectivity index (χ0v) is 14.5. The molecule has 2 N–H and O–H groups in total. The lowest BCUT2D eigenvalue weighted by Crippen LogP contribution is -2.51. The molecule has 5 rings (SSSR count). The predicted octanol–water partition coefficient (Wildman–Crippen LogP) is 3.04. The second kappa shape index (κ2) is 5.00. The number of halogens is 3. The molecule has 1 aromatic heterocycles. The Balaban J connectivity index is 1.59. The standard InChI is InChI=1S/C19H22F3N3O/c20-19(21,22)12-6-11-10-25-16(26)17(5-3-13(23)7-17)15-2-1-4-18(15,25)8-14(11)24-9-12/h6,9,13,15H,1-5,7-8,10,23H2/t13-,15?,17+,18?/m1/s1. The first-order valence-corrected chi connectivity index (χ1v) is 9.39. The predicted molar refractivity (Wildman–Crippen MR) is 87.8 cm³/mol. The first-order chi connectivity index (χ1) is 12.3. The molecule has 2 saturated carbocycles. The van der Waals surface area contributed by atoms with Crippen LogP contribution in [0.1, 0.15) is 55.3 Å². The average molecular weight is 365 g/mol. The molecule has 0 aromatic carbocycles. The number of nitrogens with zero attached hydrogens (tertiary/aromatic N) is 2. The van der Waals surface area contributed by atoms with Crippen molar-refractivity contribution in [1.82, 2.24) is 9.88 Å². The molecular weight excluding hydrogens is 343 g/mol. The SMILES string of the molecule is N[C@@H]1CC[C@@]2(C1)C(=O)N1Cc3cc(C(F)(F)F)cnc3CC13CCCC32. The van der Waals surface area contributed by atoms with Gasteiger partial charge in [0.15, 0.2) is 0 Å². The topological polar surface area (TPSA) is 59.2 Å². The van der Waals surface area contributed by atoms with Crippen molar-refractivity contribution in [3.05, 3.63) is 29.1 Å². The van der Waals surface area contributed by atoms with Gasteiger partial charge in [-0.2, -0.15) is 13.2 Å². The van der Waals surface area contributed by atoms with Gasteiger partial charge in [0.2, 0.25) is 5.91 Å². The lowest BCUT2D eigenvalue weighted by atomic mass is 9.68. The summed E-state index contributed by atoms with van der Waals surface area (Å²) in [5.74, 6) is 0.381. The van der Waals surface area contributed by atoms with Crippen LogP contribution in [-0.2, 0) is 23.9 Å². The van der Waals surface area contributed by atoms with Gasteiger partial charge in [-0.15, -0.1) is 0 Å². The minimum Gasteiger partial charge on any atom is -0.331 e. The summed E-state index contributed by atoms with van der Waals surface area (Å²) >= 11 is 0. The third kappa shape index (κ3) is 1.95. The van der Waals surface area contributed by atoms with Crippen LogP contribution in [-0.4, -0.2) is 27.4 Å². The molecule has 1 amide bonds. The van der Waals surface area contributed by atoms with Gasteiger partial charge in [-0.25, -0.2) is 0 Å². The Labute approximate surface area is 149 Å². The molecule has 140 valence electrons. The Bertz CT molecular complexity index is 795. The number of nitrogens with two attached hydrogens (primary N) is 1. The number of hydrogen-bond donors (Lipinski definition) is 1. The highest BCUT2D eigenvalue weighted by molar-refractivity contribution is 5.88. The number of aromatic nitrogens is 1. The third-order valence-corrected chi connectivity index (χ3v) is 7.40. The lowest BCUT2D eigenvalue weighted by molar-refractivity contribution is -0.139. The van der Waals surface area contributed by atoms with E-state index < -0.39 is 17.2 Å². The molecule has 2 aliphatic carbocycles. The maximum absolute atomic E-state index is 13.4. The highest BCUT2D eigenvalue weighted by Crippen LogP contribution is 2.64. The average Bonchev–Trinajstić information content (AvgIpc) is 3.21. The monoisotopic (exact) mass is 365 g/mol. The summed E-state index contributed by atoms with van der Waals surface area (Å²) in [5.41, 5.74) is 6.04. The minimum absolute atomic E-state index is 0.0512. The Kier molecular flexibility index (Phi) is 3.18. The quantitative estimate of drug-likeness (QED) is 0.769. The maximum atomic E-state index is 13.4. The van der Waals surface area contributed by atoms with Crippen molar-refractivity contribution >= 4 is 5.91 Å². The zero-order valence-electron chi connectivity index (χ0n) is 14.5. The van der Waals surface area contributed by atoms with Gasteiger partial charge in [0.25, 0.3) is 0 Å². The van der Waals surface area contributed by atoms with Crippen LogP contribution in [0.15, 0.2) is 12.3 Å². The van der Waals surface area contributed by atoms with E-state index >= 15 is 0 Å². The van der Waals surface area contributed by atoms with Gasteiger partial charge < -0.3 is 10.6 Å². The van der Waals surface area contributed by atoms with E-state index in [0.717, 1.165) is 44.0 Å². The number of rotatable bonds is 0. The van der Waals surface area contributed by atoms with Crippen LogP contribution in [0.3, 0.4) is 0 Å². The van der Waals surface area contributed by atoms with Crippen molar-refractivity contribution in [1.29, 1.82) is 0 Å². The molecule has 26 heavy (non-hydrogen) atoms. The number of fused-ring (bicyclic) bond motifs is 2. The summed E-state index contributed by atoms with van der Waals surface area (Å²) < 4.78 is 39.2. The van der Waals surface area contributed by atoms with Crippen molar-refractivity contribution in [3.8, 4) is 0 Å². The van der Waals surface area contributed by atoms with Crippen LogP contribution in [0.4, 0.5) is 13.2 Å². The third-order valence-electron chi connectivity index (χ3n) is 7.40. The van der Waals surface area contributed by atoms with Crippen LogP contribution >= 0.6 is 0 Å². The van der Waals surface area contributed by atoms with Crippen molar-refractivity contribution in [2.45, 2.75) is 69.2 Å². The molecule has 2 aliphatic heterocycles. The first kappa shape index (κ1) is 16.5. The van der Waals surface area contributed by atoms with Gasteiger partial charge in [-0.1, -0.05) is 6.42 Å². The summed E-state index contributed by atoms with van der Waals surface area (Å²) in [6.45, 7) is 0.249. The Hall–Kier alpha value is -1.63. The Morgan fingerprint density at radius 2 is 2.08 bits per heavy atom. The molecule has 3 fully saturated rings. The Morgan fingerprint density at radius 3 is 2.77 bits per heavy atom. The molecule has 4 nitrogen and oxygen atoms in total. The zero-order chi connectivity index (χ0) is 18.3. The lowest BCUT2D eigenvalue weighted by Gasteiger charge is -2.43. The van der Waals surface area contributed by atoms with Gasteiger partial charge in [0.1, 0.15) is 0 Å². The number of alkyl halides is 3. The number of amides is 1. The van der Waals surface area contributed by atoms with Gasteiger partial charge >= 0.3 is 6.18 Å². The molecule has 0 radical (unpaired) electrons. The van der Waals surface area contributed by atoms with Gasteiger partial charge in [-0.05, 0) is 49.7 Å². The second-order valence-electron chi connectivity index (χ2n) is 8.60. The molecule has 1 aromatic rings. The highest BCUT2D eigenvalue weighted by Gasteiger charge is 2.69. The number of pyridine rings is 1. The largest absolute Gasteiger partial charge is 0.417 e. The summed E-state index contributed by atoms with van der Waals surface area (Å²) in [6.07, 6.45) is 2.47. The van der Waals surface area contributed by atoms with E-state index in [2.05, 4.69) is 4.98 Å². The van der Waals surface area contributed by atoms with Crippen molar-refractivity contribution in [2.75, 3.05) is 0 Å². The summed E-state index contributed by atoms with van der Waals surface area (Å²) in [6, 6.07) is 1.23. The van der Waals surface area contributed by atoms with Gasteiger partial charge in [0.05, 0.1) is 16.5 Å². The van der Waals surface area contributed by atoms with Crippen molar-refractivity contribution in [3.63, 3.8) is 0 Å². The molecular formula is C19H22F3N3O. The van der Waals surface area contributed by atoms with E-state index in [1.54, 1.807) is 0 Å². The number of carbonyl (C=O) groups is 1. The maximum Gasteiger partial charge on any atom is 0.417 e. The fourth-order valence-electron chi connectivity index (χ4n) is 6.40. The second-order valence-corrected chi connectivity index (χ2v) is 8.60. The van der Waals surface area contributed by atoms with E-state index in [-0.39, 0.29) is 30.0 Å². The van der Waals surface area contributed by atoms with Crippen molar-refractivity contribution in [2.24, 2.45) is 17.1 Å². The van der Waals surface area contributed by atoms with Crippen LogP contribution in [0.5, 0.6) is 0 Å². The summed E-state index contributed by atoms with van der Waals surface area (Å²) in [7, 11) is 0. The fourth-order valence-corrected chi connectivity index (χ4v) is 6.40. The highest BCUT2D eigenvalue weighted by atomic mass is 19.4. The van der Waals surface area contributed by atoms with Gasteiger partial charge in [0, 0.05) is 30.9 Å². The van der Waals surface area contributed by atoms with Crippen LogP contribution in [0, 0.1) is 11.3 Å². The molecule has 1 saturated heterocycles. The summed E-state index contributed by atoms with van der Waals surface area (Å²) in [4.78, 5) is 19.5. The molecule has 4 aliphatic rings. The first-order valence-electron chi connectivity index (χ1n) is 9.39. The van der Waals surface area contributed by atoms with Crippen LogP contribution < -0.4 is 5.73 Å². The number of carbonyl (C=O) groups excluding carboxylic acids is 1. The van der Waals surface area contributed by atoms with E-state index in [4.69, 9.17) is 5.73 Å². The van der Waals surface area contributed by atoms with E-state index in [9.17, 15) is 18.0 Å². The molecule has 0 bridgehead atoms. The number of hydrogen-bond acceptors (Lipinski definition) is 3. The summed E-state index contributed by atoms with van der Waals surface area (Å²) in [5, 5.41) is 0. The van der Waals surface area contributed by atoms with Crippen LogP contribution in [0.2, 0.25) is 0 Å². The van der Waals surface area contributed by atoms with E-state index in [1.807, 2.05) is 4.90 Å². The molecule has 2 unspecified atom stereocenters. The Morgan fingerprint density at radius 1 is 1.27 bits per heavy atom. The van der Waals surface area contributed by atoms with Gasteiger partial charge in [-0.3, -0.25) is 9.78 Å². The van der Waals surface area contributed by atoms with E-state index in [1.165, 1.54) is 6.07 Å². The van der Waals surface area contributed by atoms with Crippen LogP contribution in [0.25, 0.3) is 0 Å². The van der Waals surface area contributed by atoms with E-state index in [0.29, 0.717) is 18.4 Å². The molecule has 4 atom stereocenters. The van der Waals surface area contributed by atoms with Crippen molar-refractivity contribution < 1.29 is 18.0 Å². The normalized spacial score (nSPS) is 38.6.